The van der Waals surface area contributed by atoms with Gasteiger partial charge < -0.3 is 15.4 Å². The highest BCUT2D eigenvalue weighted by molar-refractivity contribution is 5.85. The van der Waals surface area contributed by atoms with Crippen molar-refractivity contribution < 1.29 is 9.90 Å². The Balaban J connectivity index is 2.48. The standard InChI is InChI=1S/C12H14N2O2/c1-14-7-9(10(13)6-12(15)16)8-4-2-3-5-11(8)14/h2-5,7,10H,6,13H2,1H3,(H,15,16). The molecule has 4 nitrogen and oxygen atoms in total. The highest BCUT2D eigenvalue weighted by Gasteiger charge is 2.15. The zero-order valence-corrected chi connectivity index (χ0v) is 9.05. The highest BCUT2D eigenvalue weighted by atomic mass is 16.4. The number of nitrogens with zero attached hydrogens (tertiary/aromatic N) is 1. The first-order valence-electron chi connectivity index (χ1n) is 5.11. The van der Waals surface area contributed by atoms with Crippen molar-refractivity contribution >= 4 is 16.9 Å². The fourth-order valence-electron chi connectivity index (χ4n) is 1.97. The molecular formula is C12H14N2O2. The Hall–Kier alpha value is -1.81. The number of rotatable bonds is 3. The van der Waals surface area contributed by atoms with Crippen LogP contribution in [0, 0.1) is 0 Å². The van der Waals surface area contributed by atoms with Gasteiger partial charge in [-0.25, -0.2) is 0 Å². The molecule has 1 heterocycles. The number of fused-ring (bicyclic) bond motifs is 1. The molecule has 1 aromatic heterocycles. The summed E-state index contributed by atoms with van der Waals surface area (Å²) in [5, 5.41) is 9.76. The van der Waals surface area contributed by atoms with Crippen LogP contribution in [0.1, 0.15) is 18.0 Å². The first kappa shape index (κ1) is 10.7. The number of carboxylic acid groups (broad SMARTS) is 1. The molecule has 1 atom stereocenters. The monoisotopic (exact) mass is 218 g/mol. The SMILES string of the molecule is Cn1cc(C(N)CC(=O)O)c2ccccc21. The number of hydrogen-bond acceptors (Lipinski definition) is 2. The number of benzene rings is 1. The van der Waals surface area contributed by atoms with Gasteiger partial charge in [0.05, 0.1) is 6.42 Å². The number of aryl methyl sites for hydroxylation is 1. The van der Waals surface area contributed by atoms with Gasteiger partial charge in [-0.15, -0.1) is 0 Å². The van der Waals surface area contributed by atoms with Gasteiger partial charge in [0.2, 0.25) is 0 Å². The molecule has 0 amide bonds. The second-order valence-corrected chi connectivity index (χ2v) is 3.92. The van der Waals surface area contributed by atoms with Gasteiger partial charge in [-0.3, -0.25) is 4.79 Å². The highest BCUT2D eigenvalue weighted by Crippen LogP contribution is 2.26. The molecule has 84 valence electrons. The van der Waals surface area contributed by atoms with Crippen molar-refractivity contribution in [3.05, 3.63) is 36.0 Å². The summed E-state index contributed by atoms with van der Waals surface area (Å²) < 4.78 is 1.96. The molecule has 0 aliphatic carbocycles. The summed E-state index contributed by atoms with van der Waals surface area (Å²) >= 11 is 0. The van der Waals surface area contributed by atoms with Gasteiger partial charge in [0.1, 0.15) is 0 Å². The lowest BCUT2D eigenvalue weighted by atomic mass is 10.0. The molecule has 3 N–H and O–H groups in total. The van der Waals surface area contributed by atoms with Crippen molar-refractivity contribution in [2.45, 2.75) is 12.5 Å². The number of carboxylic acids is 1. The van der Waals surface area contributed by atoms with Crippen LogP contribution in [0.3, 0.4) is 0 Å². The molecule has 0 saturated heterocycles. The van der Waals surface area contributed by atoms with Gasteiger partial charge in [-0.1, -0.05) is 18.2 Å². The van der Waals surface area contributed by atoms with E-state index in [2.05, 4.69) is 0 Å². The minimum Gasteiger partial charge on any atom is -0.481 e. The van der Waals surface area contributed by atoms with Crippen molar-refractivity contribution in [2.24, 2.45) is 12.8 Å². The van der Waals surface area contributed by atoms with Crippen LogP contribution < -0.4 is 5.73 Å². The number of carbonyl (C=O) groups is 1. The Labute approximate surface area is 93.3 Å². The summed E-state index contributed by atoms with van der Waals surface area (Å²) in [5.41, 5.74) is 7.84. The Bertz CT molecular complexity index is 531. The average Bonchev–Trinajstić information content (AvgIpc) is 2.56. The fourth-order valence-corrected chi connectivity index (χ4v) is 1.97. The molecule has 4 heteroatoms. The Morgan fingerprint density at radius 1 is 1.50 bits per heavy atom. The van der Waals surface area contributed by atoms with Crippen molar-refractivity contribution in [2.75, 3.05) is 0 Å². The smallest absolute Gasteiger partial charge is 0.305 e. The number of para-hydroxylation sites is 1. The van der Waals surface area contributed by atoms with Crippen LogP contribution in [0.25, 0.3) is 10.9 Å². The van der Waals surface area contributed by atoms with Crippen LogP contribution in [0.15, 0.2) is 30.5 Å². The number of aromatic nitrogens is 1. The Morgan fingerprint density at radius 2 is 2.19 bits per heavy atom. The third-order valence-corrected chi connectivity index (χ3v) is 2.72. The quantitative estimate of drug-likeness (QED) is 0.823. The fraction of sp³-hybridized carbons (Fsp3) is 0.250. The lowest BCUT2D eigenvalue weighted by molar-refractivity contribution is -0.137. The Kier molecular flexibility index (Phi) is 2.66. The molecule has 0 radical (unpaired) electrons. The first-order chi connectivity index (χ1) is 7.59. The van der Waals surface area contributed by atoms with E-state index in [1.807, 2.05) is 42.1 Å². The van der Waals surface area contributed by atoms with Gasteiger partial charge in [-0.05, 0) is 11.6 Å². The van der Waals surface area contributed by atoms with Gasteiger partial charge >= 0.3 is 5.97 Å². The summed E-state index contributed by atoms with van der Waals surface area (Å²) in [5.74, 6) is -0.875. The second-order valence-electron chi connectivity index (χ2n) is 3.92. The van der Waals surface area contributed by atoms with E-state index in [-0.39, 0.29) is 6.42 Å². The average molecular weight is 218 g/mol. The minimum absolute atomic E-state index is 0.0476. The van der Waals surface area contributed by atoms with Crippen LogP contribution in [-0.4, -0.2) is 15.6 Å². The van der Waals surface area contributed by atoms with Crippen LogP contribution >= 0.6 is 0 Å². The largest absolute Gasteiger partial charge is 0.481 e. The van der Waals surface area contributed by atoms with Crippen LogP contribution in [0.2, 0.25) is 0 Å². The van der Waals surface area contributed by atoms with Gasteiger partial charge in [0.25, 0.3) is 0 Å². The van der Waals surface area contributed by atoms with E-state index >= 15 is 0 Å². The van der Waals surface area contributed by atoms with Crippen LogP contribution in [0.4, 0.5) is 0 Å². The predicted molar refractivity (Wildman–Crippen MR) is 62.1 cm³/mol. The van der Waals surface area contributed by atoms with E-state index in [0.29, 0.717) is 0 Å². The van der Waals surface area contributed by atoms with E-state index in [0.717, 1.165) is 16.5 Å². The molecule has 2 rings (SSSR count). The zero-order valence-electron chi connectivity index (χ0n) is 9.05. The molecular weight excluding hydrogens is 204 g/mol. The molecule has 0 saturated carbocycles. The normalized spacial score (nSPS) is 12.9. The molecule has 1 unspecified atom stereocenters. The second kappa shape index (κ2) is 3.98. The number of aliphatic carboxylic acids is 1. The maximum Gasteiger partial charge on any atom is 0.305 e. The zero-order chi connectivity index (χ0) is 11.7. The first-order valence-corrected chi connectivity index (χ1v) is 5.11. The van der Waals surface area contributed by atoms with Crippen molar-refractivity contribution in [1.82, 2.24) is 4.57 Å². The number of hydrogen-bond donors (Lipinski definition) is 2. The number of nitrogens with two attached hydrogens (primary N) is 1. The van der Waals surface area contributed by atoms with Crippen molar-refractivity contribution in [1.29, 1.82) is 0 Å². The summed E-state index contributed by atoms with van der Waals surface area (Å²) in [6, 6.07) is 7.39. The summed E-state index contributed by atoms with van der Waals surface area (Å²) in [7, 11) is 1.93. The van der Waals surface area contributed by atoms with Gasteiger partial charge in [-0.2, -0.15) is 0 Å². The predicted octanol–water partition coefficient (Wildman–Crippen LogP) is 1.65. The molecule has 0 aliphatic rings. The maximum atomic E-state index is 10.6. The lowest BCUT2D eigenvalue weighted by Gasteiger charge is -2.06. The summed E-state index contributed by atoms with van der Waals surface area (Å²) in [4.78, 5) is 10.6. The maximum absolute atomic E-state index is 10.6. The topological polar surface area (TPSA) is 68.2 Å². The van der Waals surface area contributed by atoms with Crippen LogP contribution in [0.5, 0.6) is 0 Å². The van der Waals surface area contributed by atoms with E-state index in [1.54, 1.807) is 0 Å². The van der Waals surface area contributed by atoms with Gasteiger partial charge in [0.15, 0.2) is 0 Å². The molecule has 16 heavy (non-hydrogen) atoms. The van der Waals surface area contributed by atoms with E-state index < -0.39 is 12.0 Å². The third kappa shape index (κ3) is 1.79. The van der Waals surface area contributed by atoms with Gasteiger partial charge in [0, 0.05) is 30.2 Å². The minimum atomic E-state index is -0.875. The van der Waals surface area contributed by atoms with E-state index in [4.69, 9.17) is 10.8 Å². The third-order valence-electron chi connectivity index (χ3n) is 2.72. The van der Waals surface area contributed by atoms with Crippen LogP contribution in [-0.2, 0) is 11.8 Å². The molecule has 1 aromatic carbocycles. The molecule has 2 aromatic rings. The summed E-state index contributed by atoms with van der Waals surface area (Å²) in [6.07, 6.45) is 1.85. The van der Waals surface area contributed by atoms with Crippen molar-refractivity contribution in [3.8, 4) is 0 Å². The van der Waals surface area contributed by atoms with E-state index in [9.17, 15) is 4.79 Å². The molecule has 0 bridgehead atoms. The Morgan fingerprint density at radius 3 is 2.88 bits per heavy atom. The lowest BCUT2D eigenvalue weighted by Crippen LogP contribution is -2.14. The van der Waals surface area contributed by atoms with Crippen molar-refractivity contribution in [3.63, 3.8) is 0 Å². The molecule has 0 spiro atoms. The molecule has 0 aliphatic heterocycles. The molecule has 0 fully saturated rings. The van der Waals surface area contributed by atoms with E-state index in [1.165, 1.54) is 0 Å². The summed E-state index contributed by atoms with van der Waals surface area (Å²) in [6.45, 7) is 0.